The molecule has 0 radical (unpaired) electrons. The first kappa shape index (κ1) is 19.3. The standard InChI is InChI=1S/C14H30N2O4/c1-5-19-9-7-16(8-10-20-6-2)11-13(14(17)18)15-12(3)4/h12-13,15H,5-11H2,1-4H3,(H,17,18). The van der Waals surface area contributed by atoms with E-state index in [2.05, 4.69) is 10.2 Å². The molecule has 0 saturated carbocycles. The number of rotatable bonds is 13. The van der Waals surface area contributed by atoms with Gasteiger partial charge in [-0.15, -0.1) is 0 Å². The van der Waals surface area contributed by atoms with E-state index >= 15 is 0 Å². The van der Waals surface area contributed by atoms with E-state index in [0.717, 1.165) is 0 Å². The molecule has 0 bridgehead atoms. The van der Waals surface area contributed by atoms with Crippen LogP contribution in [0.1, 0.15) is 27.7 Å². The van der Waals surface area contributed by atoms with Gasteiger partial charge in [-0.1, -0.05) is 13.8 Å². The van der Waals surface area contributed by atoms with Gasteiger partial charge in [0.15, 0.2) is 0 Å². The van der Waals surface area contributed by atoms with E-state index < -0.39 is 12.0 Å². The van der Waals surface area contributed by atoms with Gasteiger partial charge in [0.05, 0.1) is 13.2 Å². The highest BCUT2D eigenvalue weighted by Gasteiger charge is 2.21. The van der Waals surface area contributed by atoms with Gasteiger partial charge in [-0.3, -0.25) is 9.69 Å². The number of ether oxygens (including phenoxy) is 2. The third kappa shape index (κ3) is 10.1. The van der Waals surface area contributed by atoms with Crippen LogP contribution in [0.15, 0.2) is 0 Å². The molecule has 0 aromatic heterocycles. The van der Waals surface area contributed by atoms with E-state index in [1.165, 1.54) is 0 Å². The third-order valence-corrected chi connectivity index (χ3v) is 2.79. The Kier molecular flexibility index (Phi) is 11.7. The SMILES string of the molecule is CCOCCN(CCOCC)CC(NC(C)C)C(=O)O. The van der Waals surface area contributed by atoms with Crippen LogP contribution in [0, 0.1) is 0 Å². The molecule has 0 heterocycles. The first-order valence-corrected chi connectivity index (χ1v) is 7.37. The van der Waals surface area contributed by atoms with Crippen molar-refractivity contribution in [3.05, 3.63) is 0 Å². The van der Waals surface area contributed by atoms with Crippen LogP contribution >= 0.6 is 0 Å². The van der Waals surface area contributed by atoms with Gasteiger partial charge in [-0.2, -0.15) is 0 Å². The molecule has 0 aromatic rings. The monoisotopic (exact) mass is 290 g/mol. The zero-order chi connectivity index (χ0) is 15.4. The number of hydrogen-bond donors (Lipinski definition) is 2. The van der Waals surface area contributed by atoms with E-state index in [1.807, 2.05) is 27.7 Å². The Hall–Kier alpha value is -0.690. The van der Waals surface area contributed by atoms with Gasteiger partial charge in [0, 0.05) is 38.9 Å². The number of carboxylic acid groups (broad SMARTS) is 1. The van der Waals surface area contributed by atoms with E-state index in [1.54, 1.807) is 0 Å². The molecule has 6 heteroatoms. The van der Waals surface area contributed by atoms with Gasteiger partial charge in [0.1, 0.15) is 6.04 Å². The smallest absolute Gasteiger partial charge is 0.322 e. The van der Waals surface area contributed by atoms with E-state index in [-0.39, 0.29) is 6.04 Å². The molecule has 0 saturated heterocycles. The van der Waals surface area contributed by atoms with Crippen molar-refractivity contribution in [3.63, 3.8) is 0 Å². The van der Waals surface area contributed by atoms with Crippen LogP contribution in [0.2, 0.25) is 0 Å². The minimum atomic E-state index is -0.823. The average Bonchev–Trinajstić information content (AvgIpc) is 2.37. The quantitative estimate of drug-likeness (QED) is 0.489. The fraction of sp³-hybridized carbons (Fsp3) is 0.929. The van der Waals surface area contributed by atoms with Crippen LogP contribution in [0.25, 0.3) is 0 Å². The van der Waals surface area contributed by atoms with Gasteiger partial charge in [-0.25, -0.2) is 0 Å². The summed E-state index contributed by atoms with van der Waals surface area (Å²) in [4.78, 5) is 13.3. The summed E-state index contributed by atoms with van der Waals surface area (Å²) >= 11 is 0. The van der Waals surface area contributed by atoms with E-state index in [9.17, 15) is 9.90 Å². The van der Waals surface area contributed by atoms with Crippen LogP contribution in [-0.4, -0.2) is 74.1 Å². The molecule has 0 spiro atoms. The van der Waals surface area contributed by atoms with Crippen LogP contribution in [0.4, 0.5) is 0 Å². The second kappa shape index (κ2) is 12.1. The summed E-state index contributed by atoms with van der Waals surface area (Å²) in [7, 11) is 0. The predicted molar refractivity (Wildman–Crippen MR) is 79.1 cm³/mol. The molecule has 0 aromatic carbocycles. The highest BCUT2D eigenvalue weighted by atomic mass is 16.5. The molecule has 0 aliphatic carbocycles. The minimum Gasteiger partial charge on any atom is -0.480 e. The molecule has 120 valence electrons. The first-order valence-electron chi connectivity index (χ1n) is 7.37. The Morgan fingerprint density at radius 1 is 1.15 bits per heavy atom. The van der Waals surface area contributed by atoms with Crippen molar-refractivity contribution in [1.29, 1.82) is 0 Å². The molecule has 0 amide bonds. The number of carboxylic acids is 1. The molecule has 20 heavy (non-hydrogen) atoms. The maximum absolute atomic E-state index is 11.3. The van der Waals surface area contributed by atoms with Crippen molar-refractivity contribution in [3.8, 4) is 0 Å². The molecule has 1 atom stereocenters. The fourth-order valence-electron chi connectivity index (χ4n) is 1.83. The van der Waals surface area contributed by atoms with Crippen molar-refractivity contribution in [2.75, 3.05) is 46.1 Å². The Balaban J connectivity index is 4.35. The van der Waals surface area contributed by atoms with Crippen molar-refractivity contribution < 1.29 is 19.4 Å². The Morgan fingerprint density at radius 3 is 2.00 bits per heavy atom. The maximum atomic E-state index is 11.3. The predicted octanol–water partition coefficient (Wildman–Crippen LogP) is 0.813. The molecule has 0 rings (SSSR count). The number of carbonyl (C=O) groups is 1. The molecule has 1 unspecified atom stereocenters. The number of nitrogens with zero attached hydrogens (tertiary/aromatic N) is 1. The highest BCUT2D eigenvalue weighted by Crippen LogP contribution is 1.97. The lowest BCUT2D eigenvalue weighted by atomic mass is 10.2. The molecule has 2 N–H and O–H groups in total. The van der Waals surface area contributed by atoms with Gasteiger partial charge >= 0.3 is 5.97 Å². The van der Waals surface area contributed by atoms with Crippen molar-refractivity contribution in [2.24, 2.45) is 0 Å². The lowest BCUT2D eigenvalue weighted by molar-refractivity contribution is -0.140. The van der Waals surface area contributed by atoms with Crippen LogP contribution in [0.5, 0.6) is 0 Å². The summed E-state index contributed by atoms with van der Waals surface area (Å²) < 4.78 is 10.7. The molecule has 6 nitrogen and oxygen atoms in total. The Bertz CT molecular complexity index is 239. The van der Waals surface area contributed by atoms with Crippen molar-refractivity contribution >= 4 is 5.97 Å². The Morgan fingerprint density at radius 2 is 1.65 bits per heavy atom. The number of aliphatic carboxylic acids is 1. The van der Waals surface area contributed by atoms with Gasteiger partial charge in [-0.05, 0) is 13.8 Å². The van der Waals surface area contributed by atoms with Gasteiger partial charge in [0.2, 0.25) is 0 Å². The summed E-state index contributed by atoms with van der Waals surface area (Å²) in [5.41, 5.74) is 0. The van der Waals surface area contributed by atoms with E-state index in [4.69, 9.17) is 9.47 Å². The third-order valence-electron chi connectivity index (χ3n) is 2.79. The number of hydrogen-bond acceptors (Lipinski definition) is 5. The van der Waals surface area contributed by atoms with Gasteiger partial charge < -0.3 is 19.9 Å². The summed E-state index contributed by atoms with van der Waals surface area (Å²) in [6.45, 7) is 12.2. The van der Waals surface area contributed by atoms with Crippen LogP contribution in [-0.2, 0) is 14.3 Å². The highest BCUT2D eigenvalue weighted by molar-refractivity contribution is 5.73. The zero-order valence-electron chi connectivity index (χ0n) is 13.2. The average molecular weight is 290 g/mol. The Labute approximate surface area is 122 Å². The van der Waals surface area contributed by atoms with Crippen LogP contribution in [0.3, 0.4) is 0 Å². The topological polar surface area (TPSA) is 71.0 Å². The normalized spacial score (nSPS) is 13.1. The maximum Gasteiger partial charge on any atom is 0.322 e. The summed E-state index contributed by atoms with van der Waals surface area (Å²) in [6, 6.07) is -0.435. The van der Waals surface area contributed by atoms with Crippen molar-refractivity contribution in [2.45, 2.75) is 39.8 Å². The van der Waals surface area contributed by atoms with Crippen molar-refractivity contribution in [1.82, 2.24) is 10.2 Å². The fourth-order valence-corrected chi connectivity index (χ4v) is 1.83. The van der Waals surface area contributed by atoms with Gasteiger partial charge in [0.25, 0.3) is 0 Å². The lowest BCUT2D eigenvalue weighted by Gasteiger charge is -2.27. The van der Waals surface area contributed by atoms with E-state index in [0.29, 0.717) is 46.1 Å². The largest absolute Gasteiger partial charge is 0.480 e. The van der Waals surface area contributed by atoms with Crippen LogP contribution < -0.4 is 5.32 Å². The minimum absolute atomic E-state index is 0.136. The molecule has 0 fully saturated rings. The summed E-state index contributed by atoms with van der Waals surface area (Å²) in [5.74, 6) is -0.823. The lowest BCUT2D eigenvalue weighted by Crippen LogP contribution is -2.49. The zero-order valence-corrected chi connectivity index (χ0v) is 13.2. The summed E-state index contributed by atoms with van der Waals surface area (Å²) in [5, 5.41) is 12.3. The first-order chi connectivity index (χ1) is 9.51. The molecular formula is C14H30N2O4. The second-order valence-corrected chi connectivity index (χ2v) is 4.91. The molecule has 0 aliphatic rings. The number of nitrogens with one attached hydrogen (secondary N) is 1. The molecule has 0 aliphatic heterocycles. The summed E-state index contributed by atoms with van der Waals surface area (Å²) in [6.07, 6.45) is 0. The molecular weight excluding hydrogens is 260 g/mol. The second-order valence-electron chi connectivity index (χ2n) is 4.91.